The van der Waals surface area contributed by atoms with Gasteiger partial charge < -0.3 is 20.4 Å². The number of aromatic nitrogens is 2. The summed E-state index contributed by atoms with van der Waals surface area (Å²) >= 11 is 0. The lowest BCUT2D eigenvalue weighted by Crippen LogP contribution is -2.35. The van der Waals surface area contributed by atoms with Gasteiger partial charge in [-0.25, -0.2) is 0 Å². The lowest BCUT2D eigenvalue weighted by molar-refractivity contribution is -0.126. The van der Waals surface area contributed by atoms with E-state index in [2.05, 4.69) is 25.7 Å². The van der Waals surface area contributed by atoms with Gasteiger partial charge in [0.25, 0.3) is 0 Å². The fourth-order valence-electron chi connectivity index (χ4n) is 4.14. The highest BCUT2D eigenvalue weighted by Crippen LogP contribution is 2.27. The summed E-state index contributed by atoms with van der Waals surface area (Å²) in [7, 11) is 0. The van der Waals surface area contributed by atoms with Gasteiger partial charge in [0.15, 0.2) is 5.82 Å². The van der Waals surface area contributed by atoms with Crippen LogP contribution in [0.2, 0.25) is 0 Å². The molecule has 1 atom stereocenters. The molecule has 1 unspecified atom stereocenters. The molecule has 2 fully saturated rings. The van der Waals surface area contributed by atoms with E-state index in [4.69, 9.17) is 0 Å². The number of amides is 2. The first-order chi connectivity index (χ1) is 15.0. The summed E-state index contributed by atoms with van der Waals surface area (Å²) in [5.74, 6) is 0.289. The van der Waals surface area contributed by atoms with E-state index < -0.39 is 0 Å². The van der Waals surface area contributed by atoms with E-state index in [1.807, 2.05) is 38.1 Å². The highest BCUT2D eigenvalue weighted by Gasteiger charge is 2.35. The summed E-state index contributed by atoms with van der Waals surface area (Å²) < 4.78 is 0. The second kappa shape index (κ2) is 9.32. The Balaban J connectivity index is 1.24. The van der Waals surface area contributed by atoms with Crippen molar-refractivity contribution in [2.24, 2.45) is 5.92 Å². The molecule has 31 heavy (non-hydrogen) atoms. The van der Waals surface area contributed by atoms with E-state index in [-0.39, 0.29) is 24.2 Å². The zero-order valence-corrected chi connectivity index (χ0v) is 18.2. The molecule has 0 saturated carbocycles. The smallest absolute Gasteiger partial charge is 0.227 e. The number of carbonyl (C=O) groups excluding carboxylic acids is 2. The second-order valence-electron chi connectivity index (χ2n) is 8.38. The largest absolute Gasteiger partial charge is 0.370 e. The zero-order valence-electron chi connectivity index (χ0n) is 18.2. The predicted molar refractivity (Wildman–Crippen MR) is 121 cm³/mol. The van der Waals surface area contributed by atoms with Gasteiger partial charge in [-0.05, 0) is 49.9 Å². The molecule has 2 saturated heterocycles. The van der Waals surface area contributed by atoms with Crippen molar-refractivity contribution < 1.29 is 9.59 Å². The molecule has 1 aromatic carbocycles. The summed E-state index contributed by atoms with van der Waals surface area (Å²) in [5.41, 5.74) is 4.27. The van der Waals surface area contributed by atoms with E-state index in [9.17, 15) is 9.59 Å². The Morgan fingerprint density at radius 3 is 2.68 bits per heavy atom. The first-order valence-electron chi connectivity index (χ1n) is 11.0. The van der Waals surface area contributed by atoms with Gasteiger partial charge >= 0.3 is 0 Å². The molecule has 2 aliphatic rings. The average Bonchev–Trinajstić information content (AvgIpc) is 3.43. The molecule has 2 N–H and O–H groups in total. The molecular weight excluding hydrogens is 392 g/mol. The minimum Gasteiger partial charge on any atom is -0.370 e. The number of benzene rings is 1. The van der Waals surface area contributed by atoms with Gasteiger partial charge in [-0.3, -0.25) is 9.59 Å². The van der Waals surface area contributed by atoms with Crippen molar-refractivity contribution in [3.63, 3.8) is 0 Å². The number of carbonyl (C=O) groups is 2. The maximum atomic E-state index is 12.6. The third-order valence-corrected chi connectivity index (χ3v) is 6.14. The van der Waals surface area contributed by atoms with E-state index in [1.54, 1.807) is 11.1 Å². The minimum absolute atomic E-state index is 0.00414. The third kappa shape index (κ3) is 4.95. The van der Waals surface area contributed by atoms with Crippen LogP contribution in [0.15, 0.2) is 30.5 Å². The average molecular weight is 423 g/mol. The van der Waals surface area contributed by atoms with Gasteiger partial charge in [-0.2, -0.15) is 5.10 Å². The summed E-state index contributed by atoms with van der Waals surface area (Å²) in [6, 6.07) is 7.96. The Bertz CT molecular complexity index is 957. The SMILES string of the molecule is Cc1ccc(N2CC(C(=O)NCCNc3cc(N4CCCC4)cnn3)CC2=O)cc1C. The van der Waals surface area contributed by atoms with Gasteiger partial charge in [0.05, 0.1) is 17.8 Å². The van der Waals surface area contributed by atoms with E-state index >= 15 is 0 Å². The summed E-state index contributed by atoms with van der Waals surface area (Å²) in [6.07, 6.45) is 4.45. The van der Waals surface area contributed by atoms with Crippen LogP contribution in [-0.4, -0.2) is 54.7 Å². The van der Waals surface area contributed by atoms with Crippen molar-refractivity contribution in [2.75, 3.05) is 47.8 Å². The number of rotatable bonds is 7. The first kappa shape index (κ1) is 21.1. The summed E-state index contributed by atoms with van der Waals surface area (Å²) in [5, 5.41) is 14.4. The van der Waals surface area contributed by atoms with Crippen LogP contribution in [-0.2, 0) is 9.59 Å². The van der Waals surface area contributed by atoms with Crippen LogP contribution >= 0.6 is 0 Å². The van der Waals surface area contributed by atoms with Gasteiger partial charge in [0.1, 0.15) is 0 Å². The fourth-order valence-corrected chi connectivity index (χ4v) is 4.14. The highest BCUT2D eigenvalue weighted by atomic mass is 16.2. The van der Waals surface area contributed by atoms with Crippen LogP contribution in [0, 0.1) is 19.8 Å². The Morgan fingerprint density at radius 1 is 1.10 bits per heavy atom. The Hall–Kier alpha value is -3.16. The quantitative estimate of drug-likeness (QED) is 0.666. The molecule has 0 bridgehead atoms. The molecule has 8 heteroatoms. The Kier molecular flexibility index (Phi) is 6.34. The van der Waals surface area contributed by atoms with Gasteiger partial charge in [0.2, 0.25) is 11.8 Å². The standard InChI is InChI=1S/C23H30N6O2/c1-16-5-6-19(11-17(16)2)29-15-18(12-22(29)30)23(31)25-8-7-24-21-13-20(14-26-27-21)28-9-3-4-10-28/h5-6,11,13-14,18H,3-4,7-10,12,15H2,1-2H3,(H,24,27)(H,25,31). The van der Waals surface area contributed by atoms with Crippen LogP contribution in [0.25, 0.3) is 0 Å². The van der Waals surface area contributed by atoms with Crippen molar-refractivity contribution in [2.45, 2.75) is 33.1 Å². The van der Waals surface area contributed by atoms with Crippen LogP contribution in [0.1, 0.15) is 30.4 Å². The zero-order chi connectivity index (χ0) is 21.8. The minimum atomic E-state index is -0.326. The topological polar surface area (TPSA) is 90.5 Å². The Labute approximate surface area is 183 Å². The number of nitrogens with zero attached hydrogens (tertiary/aromatic N) is 4. The van der Waals surface area contributed by atoms with Crippen molar-refractivity contribution in [3.8, 4) is 0 Å². The number of hydrogen-bond acceptors (Lipinski definition) is 6. The van der Waals surface area contributed by atoms with Gasteiger partial charge in [0, 0.05) is 50.9 Å². The maximum absolute atomic E-state index is 12.6. The number of anilines is 3. The molecule has 3 heterocycles. The van der Waals surface area contributed by atoms with E-state index in [0.29, 0.717) is 25.5 Å². The fraction of sp³-hybridized carbons (Fsp3) is 0.478. The van der Waals surface area contributed by atoms with Gasteiger partial charge in [-0.1, -0.05) is 6.07 Å². The monoisotopic (exact) mass is 422 g/mol. The lowest BCUT2D eigenvalue weighted by atomic mass is 10.1. The van der Waals surface area contributed by atoms with Crippen molar-refractivity contribution in [1.29, 1.82) is 0 Å². The van der Waals surface area contributed by atoms with Crippen molar-refractivity contribution in [3.05, 3.63) is 41.6 Å². The maximum Gasteiger partial charge on any atom is 0.227 e. The molecule has 2 amide bonds. The van der Waals surface area contributed by atoms with Crippen molar-refractivity contribution >= 4 is 29.0 Å². The number of nitrogens with one attached hydrogen (secondary N) is 2. The molecule has 8 nitrogen and oxygen atoms in total. The number of aryl methyl sites for hydroxylation is 2. The van der Waals surface area contributed by atoms with Crippen molar-refractivity contribution in [1.82, 2.24) is 15.5 Å². The first-order valence-corrected chi connectivity index (χ1v) is 11.0. The van der Waals surface area contributed by atoms with E-state index in [0.717, 1.165) is 30.0 Å². The molecule has 1 aromatic heterocycles. The summed E-state index contributed by atoms with van der Waals surface area (Å²) in [4.78, 5) is 29.1. The molecular formula is C23H30N6O2. The van der Waals surface area contributed by atoms with Crippen LogP contribution in [0.5, 0.6) is 0 Å². The van der Waals surface area contributed by atoms with Crippen LogP contribution < -0.4 is 20.4 Å². The number of hydrogen-bond donors (Lipinski definition) is 2. The molecule has 0 aliphatic carbocycles. The molecule has 0 spiro atoms. The molecule has 2 aromatic rings. The normalized spacial score (nSPS) is 18.5. The van der Waals surface area contributed by atoms with E-state index in [1.165, 1.54) is 18.4 Å². The highest BCUT2D eigenvalue weighted by molar-refractivity contribution is 6.00. The molecule has 164 valence electrons. The third-order valence-electron chi connectivity index (χ3n) is 6.14. The van der Waals surface area contributed by atoms with Crippen LogP contribution in [0.4, 0.5) is 17.2 Å². The van der Waals surface area contributed by atoms with Gasteiger partial charge in [-0.15, -0.1) is 5.10 Å². The molecule has 4 rings (SSSR count). The lowest BCUT2D eigenvalue weighted by Gasteiger charge is -2.18. The van der Waals surface area contributed by atoms with Crippen LogP contribution in [0.3, 0.4) is 0 Å². The summed E-state index contributed by atoms with van der Waals surface area (Å²) in [6.45, 7) is 7.62. The molecule has 0 radical (unpaired) electrons. The Morgan fingerprint density at radius 2 is 1.90 bits per heavy atom. The predicted octanol–water partition coefficient (Wildman–Crippen LogP) is 2.27. The second-order valence-corrected chi connectivity index (χ2v) is 8.38. The molecule has 2 aliphatic heterocycles.